The SMILES string of the molecule is CCCC(N)C(=O)Cc1cc(C)nn1CC. The zero-order chi connectivity index (χ0) is 12.1. The van der Waals surface area contributed by atoms with Gasteiger partial charge in [0.25, 0.3) is 0 Å². The van der Waals surface area contributed by atoms with Crippen LogP contribution in [0.1, 0.15) is 38.1 Å². The first-order valence-corrected chi connectivity index (χ1v) is 5.90. The number of aromatic nitrogens is 2. The van der Waals surface area contributed by atoms with E-state index in [1.807, 2.05) is 31.5 Å². The quantitative estimate of drug-likeness (QED) is 0.794. The van der Waals surface area contributed by atoms with Crippen molar-refractivity contribution in [2.24, 2.45) is 5.73 Å². The highest BCUT2D eigenvalue weighted by molar-refractivity contribution is 5.85. The molecule has 0 bridgehead atoms. The molecule has 1 aromatic rings. The van der Waals surface area contributed by atoms with Gasteiger partial charge in [0.15, 0.2) is 5.78 Å². The van der Waals surface area contributed by atoms with E-state index >= 15 is 0 Å². The lowest BCUT2D eigenvalue weighted by atomic mass is 10.0. The Morgan fingerprint density at radius 2 is 2.25 bits per heavy atom. The Kier molecular flexibility index (Phi) is 4.68. The Morgan fingerprint density at radius 1 is 1.56 bits per heavy atom. The fourth-order valence-corrected chi connectivity index (χ4v) is 1.80. The molecule has 90 valence electrons. The number of aryl methyl sites for hydroxylation is 2. The van der Waals surface area contributed by atoms with Gasteiger partial charge in [0, 0.05) is 12.2 Å². The number of nitrogens with two attached hydrogens (primary N) is 1. The molecule has 2 N–H and O–H groups in total. The van der Waals surface area contributed by atoms with E-state index in [1.165, 1.54) is 0 Å². The van der Waals surface area contributed by atoms with Crippen molar-refractivity contribution in [2.75, 3.05) is 0 Å². The van der Waals surface area contributed by atoms with Crippen LogP contribution in [0.25, 0.3) is 0 Å². The average molecular weight is 223 g/mol. The van der Waals surface area contributed by atoms with Crippen LogP contribution in [-0.4, -0.2) is 21.6 Å². The summed E-state index contributed by atoms with van der Waals surface area (Å²) in [5.74, 6) is 0.108. The monoisotopic (exact) mass is 223 g/mol. The van der Waals surface area contributed by atoms with E-state index in [4.69, 9.17) is 5.73 Å². The molecule has 0 amide bonds. The molecule has 1 aromatic heterocycles. The minimum atomic E-state index is -0.328. The van der Waals surface area contributed by atoms with Gasteiger partial charge in [0.05, 0.1) is 18.2 Å². The van der Waals surface area contributed by atoms with E-state index in [9.17, 15) is 4.79 Å². The van der Waals surface area contributed by atoms with Crippen LogP contribution in [0.3, 0.4) is 0 Å². The molecule has 16 heavy (non-hydrogen) atoms. The van der Waals surface area contributed by atoms with Crippen molar-refractivity contribution in [3.05, 3.63) is 17.5 Å². The molecule has 0 aliphatic rings. The standard InChI is InChI=1S/C12H21N3O/c1-4-6-11(13)12(16)8-10-7-9(3)14-15(10)5-2/h7,11H,4-6,8,13H2,1-3H3. The highest BCUT2D eigenvalue weighted by atomic mass is 16.1. The van der Waals surface area contributed by atoms with Crippen LogP contribution in [0.4, 0.5) is 0 Å². The first-order chi connectivity index (χ1) is 7.58. The van der Waals surface area contributed by atoms with Gasteiger partial charge in [-0.2, -0.15) is 5.10 Å². The van der Waals surface area contributed by atoms with E-state index in [1.54, 1.807) is 0 Å². The summed E-state index contributed by atoms with van der Waals surface area (Å²) in [6, 6.07) is 1.63. The maximum atomic E-state index is 11.8. The molecule has 0 aliphatic heterocycles. The van der Waals surface area contributed by atoms with Crippen LogP contribution < -0.4 is 5.73 Å². The molecular weight excluding hydrogens is 202 g/mol. The summed E-state index contributed by atoms with van der Waals surface area (Å²) < 4.78 is 1.87. The van der Waals surface area contributed by atoms with Crippen LogP contribution in [-0.2, 0) is 17.8 Å². The predicted molar refractivity (Wildman–Crippen MR) is 64.2 cm³/mol. The Morgan fingerprint density at radius 3 is 2.81 bits per heavy atom. The largest absolute Gasteiger partial charge is 0.321 e. The van der Waals surface area contributed by atoms with Gasteiger partial charge in [0.1, 0.15) is 0 Å². The van der Waals surface area contributed by atoms with Crippen molar-refractivity contribution in [1.29, 1.82) is 0 Å². The molecule has 1 atom stereocenters. The van der Waals surface area contributed by atoms with Crippen molar-refractivity contribution in [3.8, 4) is 0 Å². The maximum Gasteiger partial charge on any atom is 0.155 e. The fraction of sp³-hybridized carbons (Fsp3) is 0.667. The van der Waals surface area contributed by atoms with E-state index in [-0.39, 0.29) is 11.8 Å². The average Bonchev–Trinajstić information content (AvgIpc) is 2.59. The molecule has 1 heterocycles. The summed E-state index contributed by atoms with van der Waals surface area (Å²) >= 11 is 0. The summed E-state index contributed by atoms with van der Waals surface area (Å²) in [6.45, 7) is 6.78. The predicted octanol–water partition coefficient (Wildman–Crippen LogP) is 1.45. The van der Waals surface area contributed by atoms with Gasteiger partial charge in [0.2, 0.25) is 0 Å². The fourth-order valence-electron chi connectivity index (χ4n) is 1.80. The van der Waals surface area contributed by atoms with Gasteiger partial charge in [-0.1, -0.05) is 13.3 Å². The summed E-state index contributed by atoms with van der Waals surface area (Å²) in [5, 5.41) is 4.31. The molecule has 0 radical (unpaired) electrons. The second-order valence-corrected chi connectivity index (χ2v) is 4.13. The van der Waals surface area contributed by atoms with E-state index < -0.39 is 0 Å². The van der Waals surface area contributed by atoms with Crippen LogP contribution in [0.2, 0.25) is 0 Å². The number of hydrogen-bond donors (Lipinski definition) is 1. The lowest BCUT2D eigenvalue weighted by Crippen LogP contribution is -2.32. The highest BCUT2D eigenvalue weighted by Gasteiger charge is 2.15. The van der Waals surface area contributed by atoms with Gasteiger partial charge < -0.3 is 5.73 Å². The zero-order valence-corrected chi connectivity index (χ0v) is 10.4. The second kappa shape index (κ2) is 5.80. The number of carbonyl (C=O) groups is 1. The smallest absolute Gasteiger partial charge is 0.155 e. The molecule has 0 aromatic carbocycles. The molecule has 1 rings (SSSR count). The Balaban J connectivity index is 2.68. The first-order valence-electron chi connectivity index (χ1n) is 5.90. The Hall–Kier alpha value is -1.16. The topological polar surface area (TPSA) is 60.9 Å². The van der Waals surface area contributed by atoms with Crippen LogP contribution >= 0.6 is 0 Å². The maximum absolute atomic E-state index is 11.8. The van der Waals surface area contributed by atoms with Crippen LogP contribution in [0.5, 0.6) is 0 Å². The van der Waals surface area contributed by atoms with Crippen LogP contribution in [0.15, 0.2) is 6.07 Å². The molecule has 0 fully saturated rings. The van der Waals surface area contributed by atoms with Crippen LogP contribution in [0, 0.1) is 6.92 Å². The van der Waals surface area contributed by atoms with Gasteiger partial charge in [-0.25, -0.2) is 0 Å². The normalized spacial score (nSPS) is 12.8. The van der Waals surface area contributed by atoms with E-state index in [2.05, 4.69) is 5.10 Å². The third kappa shape index (κ3) is 3.17. The number of carbonyl (C=O) groups excluding carboxylic acids is 1. The first kappa shape index (κ1) is 12.9. The molecule has 4 heteroatoms. The lowest BCUT2D eigenvalue weighted by molar-refractivity contribution is -0.119. The van der Waals surface area contributed by atoms with E-state index in [0.29, 0.717) is 6.42 Å². The molecule has 4 nitrogen and oxygen atoms in total. The third-order valence-corrected chi connectivity index (χ3v) is 2.65. The summed E-state index contributed by atoms with van der Waals surface area (Å²) in [5.41, 5.74) is 7.72. The third-order valence-electron chi connectivity index (χ3n) is 2.65. The minimum Gasteiger partial charge on any atom is -0.321 e. The lowest BCUT2D eigenvalue weighted by Gasteiger charge is -2.09. The zero-order valence-electron chi connectivity index (χ0n) is 10.4. The van der Waals surface area contributed by atoms with Crippen molar-refractivity contribution in [3.63, 3.8) is 0 Å². The number of Topliss-reactive ketones (excluding diaryl/α,β-unsaturated/α-hetero) is 1. The number of ketones is 1. The van der Waals surface area contributed by atoms with Gasteiger partial charge in [-0.3, -0.25) is 9.48 Å². The van der Waals surface area contributed by atoms with Gasteiger partial charge in [-0.15, -0.1) is 0 Å². The summed E-state index contributed by atoms with van der Waals surface area (Å²) in [4.78, 5) is 11.8. The highest BCUT2D eigenvalue weighted by Crippen LogP contribution is 2.07. The minimum absolute atomic E-state index is 0.108. The van der Waals surface area contributed by atoms with Crippen molar-refractivity contribution < 1.29 is 4.79 Å². The van der Waals surface area contributed by atoms with E-state index in [0.717, 1.165) is 30.8 Å². The summed E-state index contributed by atoms with van der Waals surface area (Å²) in [6.07, 6.45) is 2.10. The van der Waals surface area contributed by atoms with Crippen molar-refractivity contribution >= 4 is 5.78 Å². The second-order valence-electron chi connectivity index (χ2n) is 4.13. The van der Waals surface area contributed by atoms with Gasteiger partial charge >= 0.3 is 0 Å². The van der Waals surface area contributed by atoms with Gasteiger partial charge in [-0.05, 0) is 26.3 Å². The van der Waals surface area contributed by atoms with Crippen molar-refractivity contribution in [1.82, 2.24) is 9.78 Å². The molecule has 0 spiro atoms. The number of rotatable bonds is 6. The Bertz CT molecular complexity index is 357. The molecule has 0 aliphatic carbocycles. The Labute approximate surface area is 96.8 Å². The summed E-state index contributed by atoms with van der Waals surface area (Å²) in [7, 11) is 0. The molecule has 0 saturated heterocycles. The van der Waals surface area contributed by atoms with Crippen molar-refractivity contribution in [2.45, 2.75) is 52.6 Å². The molecule has 0 saturated carbocycles. The number of hydrogen-bond acceptors (Lipinski definition) is 3. The molecule has 1 unspecified atom stereocenters. The number of nitrogens with zero attached hydrogens (tertiary/aromatic N) is 2. The molecular formula is C12H21N3O.